The molecule has 0 radical (unpaired) electrons. The fourth-order valence-electron chi connectivity index (χ4n) is 3.60. The van der Waals surface area contributed by atoms with Gasteiger partial charge in [-0.3, -0.25) is 14.4 Å². The van der Waals surface area contributed by atoms with Crippen LogP contribution >= 0.6 is 27.5 Å². The SMILES string of the molecule is COc1ccc(N2C(=O)C(Cl)=C(Nc3cc(C(=O)Nc4cccc(Br)c4)ccc3C)C2=O)c(OC)c1. The van der Waals surface area contributed by atoms with Crippen LogP contribution in [0.4, 0.5) is 17.1 Å². The summed E-state index contributed by atoms with van der Waals surface area (Å²) in [5, 5.41) is 5.50. The lowest BCUT2D eigenvalue weighted by molar-refractivity contribution is -0.120. The second-order valence-electron chi connectivity index (χ2n) is 7.79. The van der Waals surface area contributed by atoms with Gasteiger partial charge in [-0.2, -0.15) is 0 Å². The van der Waals surface area contributed by atoms with Gasteiger partial charge in [0.1, 0.15) is 22.2 Å². The summed E-state index contributed by atoms with van der Waals surface area (Å²) in [6, 6.07) is 16.9. The topological polar surface area (TPSA) is 97.0 Å². The number of rotatable bonds is 7. The maximum Gasteiger partial charge on any atom is 0.283 e. The van der Waals surface area contributed by atoms with Crippen LogP contribution in [-0.2, 0) is 9.59 Å². The highest BCUT2D eigenvalue weighted by Gasteiger charge is 2.40. The van der Waals surface area contributed by atoms with Crippen molar-refractivity contribution in [2.75, 3.05) is 29.8 Å². The molecule has 1 heterocycles. The minimum Gasteiger partial charge on any atom is -0.497 e. The lowest BCUT2D eigenvalue weighted by atomic mass is 10.1. The first-order valence-corrected chi connectivity index (χ1v) is 11.9. The van der Waals surface area contributed by atoms with Gasteiger partial charge in [0.2, 0.25) is 0 Å². The van der Waals surface area contributed by atoms with E-state index in [1.165, 1.54) is 14.2 Å². The zero-order valence-corrected chi connectivity index (χ0v) is 21.9. The molecule has 0 unspecified atom stereocenters. The van der Waals surface area contributed by atoms with E-state index in [0.29, 0.717) is 22.7 Å². The normalized spacial score (nSPS) is 13.2. The molecule has 4 rings (SSSR count). The summed E-state index contributed by atoms with van der Waals surface area (Å²) in [6.07, 6.45) is 0. The molecule has 0 aromatic heterocycles. The molecule has 0 saturated carbocycles. The summed E-state index contributed by atoms with van der Waals surface area (Å²) >= 11 is 9.68. The van der Waals surface area contributed by atoms with Crippen LogP contribution in [0.5, 0.6) is 11.5 Å². The number of carbonyl (C=O) groups excluding carboxylic acids is 3. The first-order chi connectivity index (χ1) is 17.2. The van der Waals surface area contributed by atoms with Crippen LogP contribution in [0.3, 0.4) is 0 Å². The Morgan fingerprint density at radius 2 is 1.75 bits per heavy atom. The number of halogens is 2. The Labute approximate surface area is 221 Å². The molecule has 184 valence electrons. The predicted octanol–water partition coefficient (Wildman–Crippen LogP) is 5.46. The Morgan fingerprint density at radius 3 is 2.44 bits per heavy atom. The number of carbonyl (C=O) groups is 3. The van der Waals surface area contributed by atoms with Crippen LogP contribution in [-0.4, -0.2) is 31.9 Å². The van der Waals surface area contributed by atoms with Crippen molar-refractivity contribution in [1.82, 2.24) is 0 Å². The van der Waals surface area contributed by atoms with Crippen molar-refractivity contribution in [3.05, 3.63) is 87.0 Å². The molecule has 0 bridgehead atoms. The molecular formula is C26H21BrClN3O5. The summed E-state index contributed by atoms with van der Waals surface area (Å²) in [5.41, 5.74) is 2.29. The van der Waals surface area contributed by atoms with Gasteiger partial charge in [-0.05, 0) is 55.0 Å². The van der Waals surface area contributed by atoms with Gasteiger partial charge in [0.05, 0.1) is 19.9 Å². The second kappa shape index (κ2) is 10.4. The summed E-state index contributed by atoms with van der Waals surface area (Å²) in [6.45, 7) is 1.80. The standard InChI is InChI=1S/C26H21BrClN3O5/c1-14-7-8-15(24(32)29-17-6-4-5-16(27)12-17)11-19(14)30-23-22(28)25(33)31(26(23)34)20-10-9-18(35-2)13-21(20)36-3/h4-13,30H,1-3H3,(H,29,32). The predicted molar refractivity (Wildman–Crippen MR) is 142 cm³/mol. The zero-order chi connectivity index (χ0) is 26.0. The van der Waals surface area contributed by atoms with Crippen LogP contribution < -0.4 is 25.0 Å². The number of benzene rings is 3. The summed E-state index contributed by atoms with van der Waals surface area (Å²) in [7, 11) is 2.92. The van der Waals surface area contributed by atoms with Crippen molar-refractivity contribution in [2.45, 2.75) is 6.92 Å². The third kappa shape index (κ3) is 4.93. The zero-order valence-electron chi connectivity index (χ0n) is 19.5. The van der Waals surface area contributed by atoms with E-state index >= 15 is 0 Å². The van der Waals surface area contributed by atoms with Crippen LogP contribution in [0, 0.1) is 6.92 Å². The molecule has 8 nitrogen and oxygen atoms in total. The fourth-order valence-corrected chi connectivity index (χ4v) is 4.21. The molecule has 36 heavy (non-hydrogen) atoms. The number of methoxy groups -OCH3 is 2. The molecule has 3 aromatic rings. The van der Waals surface area contributed by atoms with Gasteiger partial charge in [-0.25, -0.2) is 4.90 Å². The average Bonchev–Trinajstić information content (AvgIpc) is 3.07. The van der Waals surface area contributed by atoms with Gasteiger partial charge in [0.25, 0.3) is 17.7 Å². The first-order valence-electron chi connectivity index (χ1n) is 10.7. The highest BCUT2D eigenvalue weighted by atomic mass is 79.9. The van der Waals surface area contributed by atoms with E-state index in [1.54, 1.807) is 55.5 Å². The third-order valence-corrected chi connectivity index (χ3v) is 6.34. The van der Waals surface area contributed by atoms with Gasteiger partial charge in [0, 0.05) is 27.5 Å². The van der Waals surface area contributed by atoms with Crippen molar-refractivity contribution in [3.63, 3.8) is 0 Å². The number of hydrogen-bond acceptors (Lipinski definition) is 6. The largest absolute Gasteiger partial charge is 0.497 e. The maximum absolute atomic E-state index is 13.3. The van der Waals surface area contributed by atoms with Crippen LogP contribution in [0.15, 0.2) is 75.9 Å². The number of ether oxygens (including phenoxy) is 2. The van der Waals surface area contributed by atoms with Crippen molar-refractivity contribution < 1.29 is 23.9 Å². The summed E-state index contributed by atoms with van der Waals surface area (Å²) in [5.74, 6) is -0.926. The Morgan fingerprint density at radius 1 is 0.972 bits per heavy atom. The van der Waals surface area contributed by atoms with Crippen molar-refractivity contribution in [2.24, 2.45) is 0 Å². The van der Waals surface area contributed by atoms with E-state index in [1.807, 2.05) is 12.1 Å². The highest BCUT2D eigenvalue weighted by Crippen LogP contribution is 2.38. The lowest BCUT2D eigenvalue weighted by Gasteiger charge is -2.19. The smallest absolute Gasteiger partial charge is 0.283 e. The van der Waals surface area contributed by atoms with Gasteiger partial charge in [-0.1, -0.05) is 39.7 Å². The highest BCUT2D eigenvalue weighted by molar-refractivity contribution is 9.10. The van der Waals surface area contributed by atoms with Crippen molar-refractivity contribution in [3.8, 4) is 11.5 Å². The molecule has 10 heteroatoms. The maximum atomic E-state index is 13.3. The molecule has 1 aliphatic heterocycles. The first kappa shape index (κ1) is 25.3. The summed E-state index contributed by atoms with van der Waals surface area (Å²) in [4.78, 5) is 40.0. The lowest BCUT2D eigenvalue weighted by Crippen LogP contribution is -2.32. The molecule has 0 fully saturated rings. The van der Waals surface area contributed by atoms with Gasteiger partial charge < -0.3 is 20.1 Å². The monoisotopic (exact) mass is 569 g/mol. The number of nitrogens with one attached hydrogen (secondary N) is 2. The van der Waals surface area contributed by atoms with E-state index in [2.05, 4.69) is 26.6 Å². The van der Waals surface area contributed by atoms with Crippen LogP contribution in [0.2, 0.25) is 0 Å². The van der Waals surface area contributed by atoms with E-state index in [9.17, 15) is 14.4 Å². The number of nitrogens with zero attached hydrogens (tertiary/aromatic N) is 1. The van der Waals surface area contributed by atoms with Gasteiger partial charge in [0.15, 0.2) is 0 Å². The molecule has 3 aromatic carbocycles. The Kier molecular flexibility index (Phi) is 7.32. The Bertz CT molecular complexity index is 1420. The van der Waals surface area contributed by atoms with Crippen molar-refractivity contribution in [1.29, 1.82) is 0 Å². The molecule has 0 aliphatic carbocycles. The third-order valence-electron chi connectivity index (χ3n) is 5.50. The van der Waals surface area contributed by atoms with Crippen LogP contribution in [0.25, 0.3) is 0 Å². The Hall–Kier alpha value is -3.82. The van der Waals surface area contributed by atoms with Crippen molar-refractivity contribution >= 4 is 62.3 Å². The Balaban J connectivity index is 1.60. The van der Waals surface area contributed by atoms with Crippen LogP contribution in [0.1, 0.15) is 15.9 Å². The quantitative estimate of drug-likeness (QED) is 0.366. The van der Waals surface area contributed by atoms with E-state index in [4.69, 9.17) is 21.1 Å². The minimum atomic E-state index is -0.700. The van der Waals surface area contributed by atoms with E-state index in [-0.39, 0.29) is 28.1 Å². The molecular weight excluding hydrogens is 550 g/mol. The van der Waals surface area contributed by atoms with E-state index in [0.717, 1.165) is 14.9 Å². The molecule has 0 saturated heterocycles. The number of hydrogen-bond donors (Lipinski definition) is 2. The molecule has 3 amide bonds. The molecule has 0 atom stereocenters. The van der Waals surface area contributed by atoms with Gasteiger partial charge >= 0.3 is 0 Å². The second-order valence-corrected chi connectivity index (χ2v) is 9.09. The molecule has 0 spiro atoms. The minimum absolute atomic E-state index is 0.104. The molecule has 1 aliphatic rings. The average molecular weight is 571 g/mol. The fraction of sp³-hybridized carbons (Fsp3) is 0.115. The number of imide groups is 1. The number of anilines is 3. The summed E-state index contributed by atoms with van der Waals surface area (Å²) < 4.78 is 11.4. The molecule has 2 N–H and O–H groups in total. The van der Waals surface area contributed by atoms with Gasteiger partial charge in [-0.15, -0.1) is 0 Å². The number of aryl methyl sites for hydroxylation is 1. The number of amides is 3. The van der Waals surface area contributed by atoms with E-state index < -0.39 is 11.8 Å².